The monoisotopic (exact) mass is 393 g/mol. The van der Waals surface area contributed by atoms with E-state index in [-0.39, 0.29) is 11.9 Å². The third kappa shape index (κ3) is 6.01. The first-order chi connectivity index (χ1) is 13.5. The molecule has 158 valence electrons. The Labute approximate surface area is 168 Å². The zero-order chi connectivity index (χ0) is 20.5. The molecule has 0 aromatic heterocycles. The third-order valence-electron chi connectivity index (χ3n) is 5.14. The molecular weight excluding hydrogens is 358 g/mol. The Hall–Kier alpha value is -1.99. The fraction of sp³-hybridized carbons (Fsp3) is 0.667. The average molecular weight is 394 g/mol. The number of ether oxygens (including phenoxy) is 3. The minimum atomic E-state index is 0.121. The van der Waals surface area contributed by atoms with Crippen molar-refractivity contribution in [2.24, 2.45) is 0 Å². The normalized spacial score (nSPS) is 16.5. The van der Waals surface area contributed by atoms with Gasteiger partial charge in [-0.3, -0.25) is 14.6 Å². The molecule has 2 rings (SSSR count). The smallest absolute Gasteiger partial charge is 0.234 e. The maximum atomic E-state index is 12.2. The highest BCUT2D eigenvalue weighted by molar-refractivity contribution is 5.78. The highest BCUT2D eigenvalue weighted by Crippen LogP contribution is 2.40. The van der Waals surface area contributed by atoms with Crippen molar-refractivity contribution in [1.29, 1.82) is 0 Å². The van der Waals surface area contributed by atoms with Crippen LogP contribution in [0.25, 0.3) is 0 Å². The van der Waals surface area contributed by atoms with E-state index in [9.17, 15) is 4.79 Å². The van der Waals surface area contributed by atoms with E-state index in [0.717, 1.165) is 51.1 Å². The standard InChI is InChI=1S/C21H35N3O4/c1-6-7-16(2)22-19(25)15-24-12-10-23(11-13-24)14-17-8-9-18(26-3)21(28-5)20(17)27-4/h8-9,16H,6-7,10-15H2,1-5H3,(H,22,25)/t16-/m0/s1. The largest absolute Gasteiger partial charge is 0.493 e. The van der Waals surface area contributed by atoms with E-state index in [1.54, 1.807) is 21.3 Å². The van der Waals surface area contributed by atoms with E-state index < -0.39 is 0 Å². The molecule has 1 N–H and O–H groups in total. The molecule has 1 aliphatic heterocycles. The predicted molar refractivity (Wildman–Crippen MR) is 110 cm³/mol. The van der Waals surface area contributed by atoms with Crippen LogP contribution in [0.15, 0.2) is 12.1 Å². The second kappa shape index (κ2) is 11.1. The first-order valence-corrected chi connectivity index (χ1v) is 10.0. The van der Waals surface area contributed by atoms with Crippen LogP contribution >= 0.6 is 0 Å². The summed E-state index contributed by atoms with van der Waals surface area (Å²) in [5.74, 6) is 2.12. The second-order valence-corrected chi connectivity index (χ2v) is 7.30. The number of benzene rings is 1. The van der Waals surface area contributed by atoms with Gasteiger partial charge >= 0.3 is 0 Å². The molecule has 1 aromatic rings. The van der Waals surface area contributed by atoms with Gasteiger partial charge in [-0.15, -0.1) is 0 Å². The van der Waals surface area contributed by atoms with Gasteiger partial charge in [-0.25, -0.2) is 0 Å². The number of rotatable bonds is 10. The van der Waals surface area contributed by atoms with Gasteiger partial charge in [0.15, 0.2) is 11.5 Å². The summed E-state index contributed by atoms with van der Waals surface area (Å²) in [6.45, 7) is 9.03. The Kier molecular flexibility index (Phi) is 8.86. The number of carbonyl (C=O) groups excluding carboxylic acids is 1. The van der Waals surface area contributed by atoms with Gasteiger partial charge in [0.05, 0.1) is 27.9 Å². The van der Waals surface area contributed by atoms with Gasteiger partial charge in [0.1, 0.15) is 0 Å². The summed E-state index contributed by atoms with van der Waals surface area (Å²) < 4.78 is 16.4. The van der Waals surface area contributed by atoms with E-state index in [4.69, 9.17) is 14.2 Å². The van der Waals surface area contributed by atoms with Crippen LogP contribution in [-0.2, 0) is 11.3 Å². The van der Waals surface area contributed by atoms with Gasteiger partial charge in [-0.05, 0) is 19.4 Å². The van der Waals surface area contributed by atoms with Crippen LogP contribution in [0.5, 0.6) is 17.2 Å². The van der Waals surface area contributed by atoms with Crippen LogP contribution in [0.4, 0.5) is 0 Å². The molecule has 28 heavy (non-hydrogen) atoms. The number of hydrogen-bond acceptors (Lipinski definition) is 6. The summed E-state index contributed by atoms with van der Waals surface area (Å²) in [5.41, 5.74) is 1.07. The fourth-order valence-corrected chi connectivity index (χ4v) is 3.66. The number of piperazine rings is 1. The molecular formula is C21H35N3O4. The van der Waals surface area contributed by atoms with Crippen molar-refractivity contribution in [3.8, 4) is 17.2 Å². The van der Waals surface area contributed by atoms with E-state index in [1.165, 1.54) is 0 Å². The Morgan fingerprint density at radius 1 is 1.04 bits per heavy atom. The summed E-state index contributed by atoms with van der Waals surface area (Å²) in [7, 11) is 4.89. The van der Waals surface area contributed by atoms with E-state index >= 15 is 0 Å². The number of amides is 1. The third-order valence-corrected chi connectivity index (χ3v) is 5.14. The minimum Gasteiger partial charge on any atom is -0.493 e. The van der Waals surface area contributed by atoms with Crippen LogP contribution in [0.2, 0.25) is 0 Å². The average Bonchev–Trinajstić information content (AvgIpc) is 2.68. The van der Waals surface area contributed by atoms with E-state index in [0.29, 0.717) is 23.8 Å². The lowest BCUT2D eigenvalue weighted by Gasteiger charge is -2.34. The Morgan fingerprint density at radius 2 is 1.68 bits per heavy atom. The predicted octanol–water partition coefficient (Wildman–Crippen LogP) is 2.13. The van der Waals surface area contributed by atoms with Crippen LogP contribution in [0, 0.1) is 0 Å². The molecule has 1 amide bonds. The number of nitrogens with zero attached hydrogens (tertiary/aromatic N) is 2. The Balaban J connectivity index is 1.88. The van der Waals surface area contributed by atoms with Gasteiger partial charge in [-0.1, -0.05) is 19.4 Å². The van der Waals surface area contributed by atoms with Gasteiger partial charge in [0.25, 0.3) is 0 Å². The molecule has 0 unspecified atom stereocenters. The molecule has 1 saturated heterocycles. The summed E-state index contributed by atoms with van der Waals surface area (Å²) in [6.07, 6.45) is 2.10. The summed E-state index contributed by atoms with van der Waals surface area (Å²) in [5, 5.41) is 3.08. The molecule has 0 spiro atoms. The molecule has 1 atom stereocenters. The molecule has 0 bridgehead atoms. The maximum Gasteiger partial charge on any atom is 0.234 e. The van der Waals surface area contributed by atoms with Crippen molar-refractivity contribution in [2.75, 3.05) is 54.1 Å². The first kappa shape index (κ1) is 22.3. The SMILES string of the molecule is CCC[C@H](C)NC(=O)CN1CCN(Cc2ccc(OC)c(OC)c2OC)CC1. The van der Waals surface area contributed by atoms with Crippen molar-refractivity contribution in [2.45, 2.75) is 39.3 Å². The highest BCUT2D eigenvalue weighted by Gasteiger charge is 2.22. The Bertz CT molecular complexity index is 630. The zero-order valence-corrected chi connectivity index (χ0v) is 17.9. The Morgan fingerprint density at radius 3 is 2.25 bits per heavy atom. The van der Waals surface area contributed by atoms with Crippen molar-refractivity contribution >= 4 is 5.91 Å². The van der Waals surface area contributed by atoms with Crippen molar-refractivity contribution < 1.29 is 19.0 Å². The van der Waals surface area contributed by atoms with Gasteiger partial charge in [0.2, 0.25) is 11.7 Å². The summed E-state index contributed by atoms with van der Waals surface area (Å²) in [4.78, 5) is 16.8. The lowest BCUT2D eigenvalue weighted by Crippen LogP contribution is -2.49. The first-order valence-electron chi connectivity index (χ1n) is 10.0. The second-order valence-electron chi connectivity index (χ2n) is 7.30. The molecule has 7 heteroatoms. The van der Waals surface area contributed by atoms with Crippen LogP contribution in [0.1, 0.15) is 32.3 Å². The van der Waals surface area contributed by atoms with Crippen LogP contribution < -0.4 is 19.5 Å². The molecule has 0 saturated carbocycles. The zero-order valence-electron chi connectivity index (χ0n) is 17.9. The van der Waals surface area contributed by atoms with Gasteiger partial charge < -0.3 is 19.5 Å². The number of methoxy groups -OCH3 is 3. The van der Waals surface area contributed by atoms with Crippen molar-refractivity contribution in [3.05, 3.63) is 17.7 Å². The van der Waals surface area contributed by atoms with Gasteiger partial charge in [0, 0.05) is 44.3 Å². The topological polar surface area (TPSA) is 63.3 Å². The molecule has 7 nitrogen and oxygen atoms in total. The molecule has 0 radical (unpaired) electrons. The molecule has 1 aliphatic rings. The van der Waals surface area contributed by atoms with Crippen LogP contribution in [0.3, 0.4) is 0 Å². The quantitative estimate of drug-likeness (QED) is 0.657. The molecule has 1 aromatic carbocycles. The van der Waals surface area contributed by atoms with Crippen molar-refractivity contribution in [3.63, 3.8) is 0 Å². The molecule has 1 heterocycles. The molecule has 0 aliphatic carbocycles. The van der Waals surface area contributed by atoms with E-state index in [1.807, 2.05) is 12.1 Å². The van der Waals surface area contributed by atoms with Crippen molar-refractivity contribution in [1.82, 2.24) is 15.1 Å². The maximum absolute atomic E-state index is 12.2. The number of hydrogen-bond donors (Lipinski definition) is 1. The summed E-state index contributed by atoms with van der Waals surface area (Å²) in [6, 6.07) is 4.18. The number of carbonyl (C=O) groups is 1. The lowest BCUT2D eigenvalue weighted by atomic mass is 10.1. The molecule has 1 fully saturated rings. The summed E-state index contributed by atoms with van der Waals surface area (Å²) >= 11 is 0. The minimum absolute atomic E-state index is 0.121. The fourth-order valence-electron chi connectivity index (χ4n) is 3.66. The van der Waals surface area contributed by atoms with E-state index in [2.05, 4.69) is 29.0 Å². The lowest BCUT2D eigenvalue weighted by molar-refractivity contribution is -0.123. The van der Waals surface area contributed by atoms with Crippen LogP contribution in [-0.4, -0.2) is 75.8 Å². The number of nitrogens with one attached hydrogen (secondary N) is 1. The van der Waals surface area contributed by atoms with Gasteiger partial charge in [-0.2, -0.15) is 0 Å². The highest BCUT2D eigenvalue weighted by atomic mass is 16.5.